The van der Waals surface area contributed by atoms with Crippen LogP contribution in [0.1, 0.15) is 6.42 Å². The van der Waals surface area contributed by atoms with Crippen molar-refractivity contribution in [1.82, 2.24) is 4.72 Å². The van der Waals surface area contributed by atoms with E-state index in [0.717, 1.165) is 29.8 Å². The first kappa shape index (κ1) is 22.1. The SMILES string of the molecule is COc1cccc(-c2ccc(S(=O)(=O)NCCC[n+]3ccccc3)cc2)c1.[Br-]. The van der Waals surface area contributed by atoms with Crippen molar-refractivity contribution >= 4 is 10.0 Å². The van der Waals surface area contributed by atoms with Gasteiger partial charge in [-0.25, -0.2) is 17.7 Å². The molecule has 0 saturated carbocycles. The van der Waals surface area contributed by atoms with Gasteiger partial charge < -0.3 is 21.7 Å². The summed E-state index contributed by atoms with van der Waals surface area (Å²) in [4.78, 5) is 0.265. The van der Waals surface area contributed by atoms with E-state index >= 15 is 0 Å². The van der Waals surface area contributed by atoms with E-state index in [0.29, 0.717) is 6.54 Å². The van der Waals surface area contributed by atoms with E-state index in [1.807, 2.05) is 71.6 Å². The molecule has 0 saturated heterocycles. The number of hydrogen-bond acceptors (Lipinski definition) is 3. The van der Waals surface area contributed by atoms with Crippen LogP contribution in [-0.2, 0) is 16.6 Å². The van der Waals surface area contributed by atoms with E-state index in [1.54, 1.807) is 19.2 Å². The minimum atomic E-state index is -3.51. The van der Waals surface area contributed by atoms with Gasteiger partial charge in [0.2, 0.25) is 10.0 Å². The summed E-state index contributed by atoms with van der Waals surface area (Å²) in [5.41, 5.74) is 1.92. The second-order valence-corrected chi connectivity index (χ2v) is 7.89. The highest BCUT2D eigenvalue weighted by atomic mass is 79.9. The van der Waals surface area contributed by atoms with Gasteiger partial charge in [-0.15, -0.1) is 0 Å². The van der Waals surface area contributed by atoms with Crippen molar-refractivity contribution in [3.63, 3.8) is 0 Å². The van der Waals surface area contributed by atoms with Crippen molar-refractivity contribution in [2.24, 2.45) is 0 Å². The average molecular weight is 463 g/mol. The van der Waals surface area contributed by atoms with E-state index in [2.05, 4.69) is 4.72 Å². The molecule has 1 heterocycles. The second kappa shape index (κ2) is 10.4. The summed E-state index contributed by atoms with van der Waals surface area (Å²) < 4.78 is 34.8. The number of hydrogen-bond donors (Lipinski definition) is 1. The molecule has 28 heavy (non-hydrogen) atoms. The van der Waals surface area contributed by atoms with Crippen LogP contribution < -0.4 is 31.0 Å². The van der Waals surface area contributed by atoms with Gasteiger partial charge in [0.15, 0.2) is 12.4 Å². The fourth-order valence-corrected chi connectivity index (χ4v) is 3.84. The average Bonchev–Trinajstić information content (AvgIpc) is 2.72. The van der Waals surface area contributed by atoms with Gasteiger partial charge in [0.1, 0.15) is 12.3 Å². The molecule has 0 spiro atoms. The highest BCUT2D eigenvalue weighted by Crippen LogP contribution is 2.24. The summed E-state index contributed by atoms with van der Waals surface area (Å²) in [5.74, 6) is 0.766. The lowest BCUT2D eigenvalue weighted by Crippen LogP contribution is -3.00. The molecule has 2 aromatic carbocycles. The number of pyridine rings is 1. The van der Waals surface area contributed by atoms with Gasteiger partial charge in [0.25, 0.3) is 0 Å². The lowest BCUT2D eigenvalue weighted by Gasteiger charge is -2.08. The summed E-state index contributed by atoms with van der Waals surface area (Å²) >= 11 is 0. The van der Waals surface area contributed by atoms with E-state index in [4.69, 9.17) is 4.74 Å². The van der Waals surface area contributed by atoms with Crippen molar-refractivity contribution in [3.05, 3.63) is 79.1 Å². The molecule has 0 atom stereocenters. The third-order valence-electron chi connectivity index (χ3n) is 4.23. The third kappa shape index (κ3) is 5.89. The van der Waals surface area contributed by atoms with Crippen LogP contribution in [0.4, 0.5) is 0 Å². The van der Waals surface area contributed by atoms with E-state index < -0.39 is 10.0 Å². The summed E-state index contributed by atoms with van der Waals surface area (Å²) in [6, 6.07) is 20.4. The molecule has 0 radical (unpaired) electrons. The first-order chi connectivity index (χ1) is 13.1. The Bertz CT molecular complexity index is 978. The van der Waals surface area contributed by atoms with Crippen molar-refractivity contribution in [3.8, 4) is 16.9 Å². The van der Waals surface area contributed by atoms with Crippen LogP contribution in [0, 0.1) is 0 Å². The van der Waals surface area contributed by atoms with Crippen LogP contribution in [0.5, 0.6) is 5.75 Å². The van der Waals surface area contributed by atoms with Crippen LogP contribution in [0.25, 0.3) is 11.1 Å². The molecule has 3 rings (SSSR count). The Balaban J connectivity index is 0.00000280. The van der Waals surface area contributed by atoms with E-state index in [9.17, 15) is 8.42 Å². The first-order valence-electron chi connectivity index (χ1n) is 8.77. The third-order valence-corrected chi connectivity index (χ3v) is 5.71. The second-order valence-electron chi connectivity index (χ2n) is 6.12. The molecular weight excluding hydrogens is 440 g/mol. The Morgan fingerprint density at radius 2 is 1.64 bits per heavy atom. The number of aryl methyl sites for hydroxylation is 1. The molecule has 0 unspecified atom stereocenters. The van der Waals surface area contributed by atoms with E-state index in [-0.39, 0.29) is 21.9 Å². The van der Waals surface area contributed by atoms with Crippen LogP contribution >= 0.6 is 0 Å². The normalized spacial score (nSPS) is 10.9. The van der Waals surface area contributed by atoms with Crippen LogP contribution in [-0.4, -0.2) is 22.1 Å². The Morgan fingerprint density at radius 1 is 0.929 bits per heavy atom. The predicted octanol–water partition coefficient (Wildman–Crippen LogP) is 0.0223. The minimum absolute atomic E-state index is 0. The minimum Gasteiger partial charge on any atom is -1.00 e. The molecule has 7 heteroatoms. The fourth-order valence-electron chi connectivity index (χ4n) is 2.76. The quantitative estimate of drug-likeness (QED) is 0.379. The summed E-state index contributed by atoms with van der Waals surface area (Å²) in [6.45, 7) is 1.15. The lowest BCUT2D eigenvalue weighted by atomic mass is 10.1. The van der Waals surface area contributed by atoms with Gasteiger partial charge >= 0.3 is 0 Å². The van der Waals surface area contributed by atoms with Crippen molar-refractivity contribution in [1.29, 1.82) is 0 Å². The van der Waals surface area contributed by atoms with Gasteiger partial charge in [-0.2, -0.15) is 0 Å². The maximum atomic E-state index is 12.5. The first-order valence-corrected chi connectivity index (χ1v) is 10.2. The van der Waals surface area contributed by atoms with Crippen molar-refractivity contribution in [2.45, 2.75) is 17.9 Å². The molecule has 1 aromatic heterocycles. The summed E-state index contributed by atoms with van der Waals surface area (Å²) in [7, 11) is -1.89. The largest absolute Gasteiger partial charge is 1.00 e. The number of aromatic nitrogens is 1. The van der Waals surface area contributed by atoms with Gasteiger partial charge in [-0.05, 0) is 35.4 Å². The van der Waals surface area contributed by atoms with Crippen LogP contribution in [0.2, 0.25) is 0 Å². The zero-order chi connectivity index (χ0) is 19.1. The highest BCUT2D eigenvalue weighted by molar-refractivity contribution is 7.89. The number of rotatable bonds is 8. The number of halogens is 1. The zero-order valence-electron chi connectivity index (χ0n) is 15.6. The van der Waals surface area contributed by atoms with Gasteiger partial charge in [-0.1, -0.05) is 30.3 Å². The topological polar surface area (TPSA) is 59.3 Å². The molecule has 148 valence electrons. The Morgan fingerprint density at radius 3 is 2.32 bits per heavy atom. The molecule has 0 aliphatic carbocycles. The van der Waals surface area contributed by atoms with Crippen LogP contribution in [0.3, 0.4) is 0 Å². The maximum Gasteiger partial charge on any atom is 0.240 e. The molecule has 0 aliphatic heterocycles. The van der Waals surface area contributed by atoms with Crippen molar-refractivity contribution < 1.29 is 34.7 Å². The van der Waals surface area contributed by atoms with Gasteiger partial charge in [0.05, 0.1) is 12.0 Å². The molecule has 1 N–H and O–H groups in total. The highest BCUT2D eigenvalue weighted by Gasteiger charge is 2.14. The van der Waals surface area contributed by atoms with Crippen LogP contribution in [0.15, 0.2) is 84.0 Å². The molecule has 0 aliphatic rings. The maximum absolute atomic E-state index is 12.5. The number of sulfonamides is 1. The van der Waals surface area contributed by atoms with Gasteiger partial charge in [-0.3, -0.25) is 0 Å². The smallest absolute Gasteiger partial charge is 0.240 e. The molecule has 0 bridgehead atoms. The fraction of sp³-hybridized carbons (Fsp3) is 0.190. The predicted molar refractivity (Wildman–Crippen MR) is 105 cm³/mol. The number of ether oxygens (including phenoxy) is 1. The Kier molecular flexibility index (Phi) is 8.17. The number of nitrogens with zero attached hydrogens (tertiary/aromatic N) is 1. The van der Waals surface area contributed by atoms with E-state index in [1.165, 1.54) is 0 Å². The molecule has 5 nitrogen and oxygen atoms in total. The molecule has 0 amide bonds. The number of benzene rings is 2. The molecular formula is C21H23BrN2O3S. The standard InChI is InChI=1S/C21H23N2O3S.BrH/c1-26-20-8-5-7-19(17-20)18-9-11-21(12-10-18)27(24,25)22-13-6-16-23-14-3-2-4-15-23;/h2-5,7-12,14-15,17,22H,6,13,16H2,1H3;1H/q+1;/p-1. The Labute approximate surface area is 176 Å². The van der Waals surface area contributed by atoms with Crippen molar-refractivity contribution in [2.75, 3.05) is 13.7 Å². The summed E-state index contributed by atoms with van der Waals surface area (Å²) in [6.07, 6.45) is 4.65. The number of nitrogens with one attached hydrogen (secondary N) is 1. The summed E-state index contributed by atoms with van der Waals surface area (Å²) in [5, 5.41) is 0. The molecule has 3 aromatic rings. The molecule has 0 fully saturated rings. The lowest BCUT2D eigenvalue weighted by molar-refractivity contribution is -0.697. The Hall–Kier alpha value is -2.22. The number of methoxy groups -OCH3 is 1. The zero-order valence-corrected chi connectivity index (χ0v) is 18.0. The van der Waals surface area contributed by atoms with Gasteiger partial charge in [0, 0.05) is 25.1 Å². The monoisotopic (exact) mass is 462 g/mol.